The first kappa shape index (κ1) is 20.3. The molecule has 0 N–H and O–H groups in total. The normalized spacial score (nSPS) is 11.3. The van der Waals surface area contributed by atoms with Gasteiger partial charge in [-0.1, -0.05) is 64.5 Å². The highest BCUT2D eigenvalue weighted by Gasteiger charge is 2.06. The Morgan fingerprint density at radius 3 is 1.92 bits per heavy atom. The van der Waals surface area contributed by atoms with Crippen molar-refractivity contribution in [2.45, 2.75) is 72.1 Å². The fraction of sp³-hybridized carbons (Fsp3) is 0.591. The summed E-state index contributed by atoms with van der Waals surface area (Å²) in [5, 5.41) is 8.89. The molecule has 0 atom stereocenters. The van der Waals surface area contributed by atoms with Gasteiger partial charge >= 0.3 is 0 Å². The first-order valence-electron chi connectivity index (χ1n) is 9.64. The molecule has 0 aliphatic carbocycles. The molecule has 0 spiro atoms. The number of benzene rings is 1. The smallest absolute Gasteiger partial charge is 0.0944 e. The van der Waals surface area contributed by atoms with E-state index in [0.717, 1.165) is 24.2 Å². The summed E-state index contributed by atoms with van der Waals surface area (Å²) < 4.78 is 0. The van der Waals surface area contributed by atoms with E-state index in [1.807, 2.05) is 13.0 Å². The van der Waals surface area contributed by atoms with Crippen molar-refractivity contribution >= 4 is 11.8 Å². The van der Waals surface area contributed by atoms with Gasteiger partial charge < -0.3 is 4.90 Å². The Morgan fingerprint density at radius 1 is 0.917 bits per heavy atom. The van der Waals surface area contributed by atoms with Crippen molar-refractivity contribution in [1.29, 1.82) is 5.26 Å². The van der Waals surface area contributed by atoms with Crippen molar-refractivity contribution in [3.63, 3.8) is 0 Å². The highest BCUT2D eigenvalue weighted by Crippen LogP contribution is 2.19. The minimum absolute atomic E-state index is 0.749. The van der Waals surface area contributed by atoms with Gasteiger partial charge in [0.25, 0.3) is 0 Å². The largest absolute Gasteiger partial charge is 0.372 e. The van der Waals surface area contributed by atoms with E-state index in [0.29, 0.717) is 0 Å². The third-order valence-corrected chi connectivity index (χ3v) is 4.38. The molecule has 132 valence electrons. The Balaban J connectivity index is 2.67. The van der Waals surface area contributed by atoms with Crippen LogP contribution in [0.4, 0.5) is 5.69 Å². The van der Waals surface area contributed by atoms with Gasteiger partial charge in [-0.3, -0.25) is 0 Å². The number of unbranched alkanes of at least 4 members (excludes halogenated alkanes) is 6. The summed E-state index contributed by atoms with van der Waals surface area (Å²) in [5.74, 6) is 0. The van der Waals surface area contributed by atoms with Gasteiger partial charge in [-0.15, -0.1) is 0 Å². The van der Waals surface area contributed by atoms with Crippen molar-refractivity contribution in [3.8, 4) is 6.07 Å². The van der Waals surface area contributed by atoms with E-state index in [1.165, 1.54) is 57.1 Å². The molecule has 0 aliphatic rings. The van der Waals surface area contributed by atoms with Crippen molar-refractivity contribution in [2.24, 2.45) is 0 Å². The molecule has 0 radical (unpaired) electrons. The molecule has 0 aliphatic heterocycles. The van der Waals surface area contributed by atoms with Gasteiger partial charge in [0, 0.05) is 24.4 Å². The number of rotatable bonds is 12. The minimum atomic E-state index is 0.749. The highest BCUT2D eigenvalue weighted by atomic mass is 15.1. The predicted molar refractivity (Wildman–Crippen MR) is 106 cm³/mol. The molecule has 0 aromatic heterocycles. The molecule has 0 bridgehead atoms. The highest BCUT2D eigenvalue weighted by molar-refractivity contribution is 5.59. The van der Waals surface area contributed by atoms with Crippen LogP contribution in [0.5, 0.6) is 0 Å². The topological polar surface area (TPSA) is 27.0 Å². The number of nitriles is 1. The molecular formula is C22H34N2. The zero-order valence-electron chi connectivity index (χ0n) is 15.9. The molecule has 24 heavy (non-hydrogen) atoms. The lowest BCUT2D eigenvalue weighted by atomic mass is 10.1. The number of hydrogen-bond acceptors (Lipinski definition) is 2. The van der Waals surface area contributed by atoms with E-state index in [4.69, 9.17) is 5.26 Å². The SMILES string of the molecule is CCCCCCN(CCCCCC)c1ccc(/C=C(/C)C#N)cc1. The Kier molecular flexibility index (Phi) is 10.7. The van der Waals surface area contributed by atoms with E-state index in [1.54, 1.807) is 0 Å². The van der Waals surface area contributed by atoms with Crippen LogP contribution in [0, 0.1) is 11.3 Å². The van der Waals surface area contributed by atoms with Gasteiger partial charge in [0.15, 0.2) is 0 Å². The zero-order chi connectivity index (χ0) is 17.6. The fourth-order valence-electron chi connectivity index (χ4n) is 2.89. The Hall–Kier alpha value is -1.75. The van der Waals surface area contributed by atoms with Crippen LogP contribution in [0.25, 0.3) is 6.08 Å². The molecule has 0 amide bonds. The van der Waals surface area contributed by atoms with Gasteiger partial charge in [-0.05, 0) is 43.5 Å². The van der Waals surface area contributed by atoms with Crippen molar-refractivity contribution in [3.05, 3.63) is 35.4 Å². The van der Waals surface area contributed by atoms with Gasteiger partial charge in [0.2, 0.25) is 0 Å². The van der Waals surface area contributed by atoms with E-state index in [-0.39, 0.29) is 0 Å². The summed E-state index contributed by atoms with van der Waals surface area (Å²) in [4.78, 5) is 2.54. The molecule has 0 heterocycles. The first-order chi connectivity index (χ1) is 11.7. The van der Waals surface area contributed by atoms with E-state index >= 15 is 0 Å². The summed E-state index contributed by atoms with van der Waals surface area (Å²) in [5.41, 5.74) is 3.17. The predicted octanol–water partition coefficient (Wildman–Crippen LogP) is 6.58. The lowest BCUT2D eigenvalue weighted by Gasteiger charge is -2.25. The molecule has 2 nitrogen and oxygen atoms in total. The van der Waals surface area contributed by atoms with E-state index in [9.17, 15) is 0 Å². The molecule has 0 saturated heterocycles. The summed E-state index contributed by atoms with van der Waals surface area (Å²) in [7, 11) is 0. The van der Waals surface area contributed by atoms with Gasteiger partial charge in [0.05, 0.1) is 6.07 Å². The van der Waals surface area contributed by atoms with Crippen LogP contribution in [0.1, 0.15) is 77.7 Å². The van der Waals surface area contributed by atoms with E-state index < -0.39 is 0 Å². The summed E-state index contributed by atoms with van der Waals surface area (Å²) in [6, 6.07) is 10.8. The lowest BCUT2D eigenvalue weighted by molar-refractivity contribution is 0.609. The van der Waals surface area contributed by atoms with E-state index in [2.05, 4.69) is 49.1 Å². The second kappa shape index (κ2) is 12.6. The molecule has 2 heteroatoms. The molecule has 1 aromatic rings. The summed E-state index contributed by atoms with van der Waals surface area (Å²) >= 11 is 0. The van der Waals surface area contributed by atoms with Gasteiger partial charge in [-0.25, -0.2) is 0 Å². The maximum absolute atomic E-state index is 8.89. The lowest BCUT2D eigenvalue weighted by Crippen LogP contribution is -2.25. The molecule has 0 unspecified atom stereocenters. The van der Waals surface area contributed by atoms with Crippen LogP contribution >= 0.6 is 0 Å². The summed E-state index contributed by atoms with van der Waals surface area (Å²) in [6.07, 6.45) is 12.4. The summed E-state index contributed by atoms with van der Waals surface area (Å²) in [6.45, 7) is 8.68. The molecule has 1 aromatic carbocycles. The number of allylic oxidation sites excluding steroid dienone is 1. The molecule has 1 rings (SSSR count). The number of hydrogen-bond donors (Lipinski definition) is 0. The van der Waals surface area contributed by atoms with Crippen LogP contribution in [0.3, 0.4) is 0 Å². The van der Waals surface area contributed by atoms with Crippen LogP contribution in [0.2, 0.25) is 0 Å². The standard InChI is InChI=1S/C22H34N2/c1-4-6-8-10-16-24(17-11-9-7-5-2)22-14-12-21(13-15-22)18-20(3)19-23/h12-15,18H,4-11,16-17H2,1-3H3/b20-18-. The number of anilines is 1. The van der Waals surface area contributed by atoms with Crippen molar-refractivity contribution < 1.29 is 0 Å². The molecule has 0 fully saturated rings. The van der Waals surface area contributed by atoms with Gasteiger partial charge in [-0.2, -0.15) is 5.26 Å². The van der Waals surface area contributed by atoms with Crippen LogP contribution in [-0.4, -0.2) is 13.1 Å². The van der Waals surface area contributed by atoms with Crippen LogP contribution in [-0.2, 0) is 0 Å². The molecular weight excluding hydrogens is 292 g/mol. The first-order valence-corrected chi connectivity index (χ1v) is 9.64. The zero-order valence-corrected chi connectivity index (χ0v) is 15.9. The van der Waals surface area contributed by atoms with Crippen LogP contribution in [0.15, 0.2) is 29.8 Å². The maximum Gasteiger partial charge on any atom is 0.0944 e. The fourth-order valence-corrected chi connectivity index (χ4v) is 2.89. The minimum Gasteiger partial charge on any atom is -0.372 e. The Morgan fingerprint density at radius 2 is 1.46 bits per heavy atom. The molecule has 0 saturated carbocycles. The van der Waals surface area contributed by atoms with Gasteiger partial charge in [0.1, 0.15) is 0 Å². The number of nitrogens with zero attached hydrogens (tertiary/aromatic N) is 2. The van der Waals surface area contributed by atoms with Crippen LogP contribution < -0.4 is 4.90 Å². The second-order valence-corrected chi connectivity index (χ2v) is 6.64. The monoisotopic (exact) mass is 326 g/mol. The quantitative estimate of drug-likeness (QED) is 0.320. The average molecular weight is 327 g/mol. The average Bonchev–Trinajstić information content (AvgIpc) is 2.61. The third-order valence-electron chi connectivity index (χ3n) is 4.38. The Bertz CT molecular complexity index is 496. The third kappa shape index (κ3) is 8.20. The van der Waals surface area contributed by atoms with Crippen molar-refractivity contribution in [2.75, 3.05) is 18.0 Å². The van der Waals surface area contributed by atoms with Crippen molar-refractivity contribution in [1.82, 2.24) is 0 Å². The second-order valence-electron chi connectivity index (χ2n) is 6.64. The Labute approximate surface area is 149 Å². The maximum atomic E-state index is 8.89.